The fourth-order valence-corrected chi connectivity index (χ4v) is 4.85. The summed E-state index contributed by atoms with van der Waals surface area (Å²) >= 11 is 9.90. The van der Waals surface area contributed by atoms with E-state index >= 15 is 0 Å². The van der Waals surface area contributed by atoms with E-state index in [1.165, 1.54) is 19.8 Å². The molecule has 0 unspecified atom stereocenters. The van der Waals surface area contributed by atoms with Gasteiger partial charge in [0.2, 0.25) is 5.88 Å². The lowest BCUT2D eigenvalue weighted by molar-refractivity contribution is -0.151. The third-order valence-electron chi connectivity index (χ3n) is 6.33. The quantitative estimate of drug-likeness (QED) is 0.374. The molecule has 10 nitrogen and oxygen atoms in total. The summed E-state index contributed by atoms with van der Waals surface area (Å²) in [5.74, 6) is 1.10. The minimum atomic E-state index is -0.461. The standard InChI is InChI=1S/C24H26BrClN6O4/c1-15(33)35-14-21(34)31-8-6-30(7-9-31)13-17-10-18(26)11-27-24(17)36-20-5-4-19-23(22(20)25)28-29-32(19)12-16-2-3-16/h4-5,10-11,16H,2-3,6-9,12-14H2,1H3. The maximum Gasteiger partial charge on any atom is 0.303 e. The number of fused-ring (bicyclic) bond motifs is 1. The highest BCUT2D eigenvalue weighted by Gasteiger charge is 2.25. The van der Waals surface area contributed by atoms with Crippen LogP contribution in [-0.2, 0) is 27.4 Å². The fraction of sp³-hybridized carbons (Fsp3) is 0.458. The van der Waals surface area contributed by atoms with Crippen LogP contribution >= 0.6 is 27.5 Å². The number of carbonyl (C=O) groups excluding carboxylic acids is 2. The zero-order chi connectivity index (χ0) is 25.2. The number of carbonyl (C=O) groups is 2. The van der Waals surface area contributed by atoms with Crippen LogP contribution in [0.25, 0.3) is 11.0 Å². The van der Waals surface area contributed by atoms with Gasteiger partial charge in [-0.1, -0.05) is 16.8 Å². The smallest absolute Gasteiger partial charge is 0.303 e. The highest BCUT2D eigenvalue weighted by Crippen LogP contribution is 2.37. The fourth-order valence-electron chi connectivity index (χ4n) is 4.17. The van der Waals surface area contributed by atoms with Crippen molar-refractivity contribution in [2.45, 2.75) is 32.9 Å². The SMILES string of the molecule is CC(=O)OCC(=O)N1CCN(Cc2cc(Cl)cnc2Oc2ccc3c(nnn3CC3CC3)c2Br)CC1. The molecule has 12 heteroatoms. The van der Waals surface area contributed by atoms with Crippen molar-refractivity contribution in [3.8, 4) is 11.6 Å². The molecule has 3 aromatic rings. The number of benzene rings is 1. The van der Waals surface area contributed by atoms with Gasteiger partial charge >= 0.3 is 5.97 Å². The molecule has 36 heavy (non-hydrogen) atoms. The van der Waals surface area contributed by atoms with Crippen LogP contribution < -0.4 is 4.74 Å². The summed E-state index contributed by atoms with van der Waals surface area (Å²) in [7, 11) is 0. The van der Waals surface area contributed by atoms with Crippen LogP contribution in [0.5, 0.6) is 11.6 Å². The molecule has 1 aromatic carbocycles. The summed E-state index contributed by atoms with van der Waals surface area (Å²) in [4.78, 5) is 31.5. The molecule has 190 valence electrons. The van der Waals surface area contributed by atoms with Crippen molar-refractivity contribution in [3.05, 3.63) is 39.5 Å². The Hall–Kier alpha value is -2.76. The molecule has 1 amide bonds. The van der Waals surface area contributed by atoms with Gasteiger partial charge in [0.05, 0.1) is 15.0 Å². The number of amides is 1. The van der Waals surface area contributed by atoms with E-state index in [1.807, 2.05) is 22.9 Å². The van der Waals surface area contributed by atoms with E-state index in [2.05, 4.69) is 36.1 Å². The Morgan fingerprint density at radius 3 is 2.69 bits per heavy atom. The van der Waals surface area contributed by atoms with Gasteiger partial charge < -0.3 is 14.4 Å². The summed E-state index contributed by atoms with van der Waals surface area (Å²) < 4.78 is 13.7. The Bertz CT molecular complexity index is 1290. The van der Waals surface area contributed by atoms with Crippen molar-refractivity contribution in [2.75, 3.05) is 32.8 Å². The van der Waals surface area contributed by atoms with Gasteiger partial charge in [0, 0.05) is 58.0 Å². The van der Waals surface area contributed by atoms with E-state index in [9.17, 15) is 9.59 Å². The van der Waals surface area contributed by atoms with Gasteiger partial charge in [-0.2, -0.15) is 0 Å². The first-order valence-corrected chi connectivity index (χ1v) is 13.0. The van der Waals surface area contributed by atoms with Gasteiger partial charge in [0.25, 0.3) is 5.91 Å². The third kappa shape index (κ3) is 5.79. The van der Waals surface area contributed by atoms with Crippen molar-refractivity contribution < 1.29 is 19.1 Å². The van der Waals surface area contributed by atoms with E-state index in [-0.39, 0.29) is 12.5 Å². The molecule has 2 fully saturated rings. The van der Waals surface area contributed by atoms with Crippen LogP contribution in [0.4, 0.5) is 0 Å². The number of ether oxygens (including phenoxy) is 2. The molecule has 1 saturated carbocycles. The van der Waals surface area contributed by atoms with Crippen molar-refractivity contribution in [2.24, 2.45) is 5.92 Å². The van der Waals surface area contributed by atoms with Crippen LogP contribution in [0.3, 0.4) is 0 Å². The van der Waals surface area contributed by atoms with Crippen molar-refractivity contribution in [1.82, 2.24) is 29.8 Å². The third-order valence-corrected chi connectivity index (χ3v) is 7.31. The van der Waals surface area contributed by atoms with Gasteiger partial charge in [-0.05, 0) is 52.9 Å². The topological polar surface area (TPSA) is 103 Å². The Balaban J connectivity index is 1.27. The lowest BCUT2D eigenvalue weighted by Gasteiger charge is -2.34. The molecule has 1 aliphatic carbocycles. The Morgan fingerprint density at radius 2 is 1.97 bits per heavy atom. The van der Waals surface area contributed by atoms with E-state index in [0.29, 0.717) is 55.3 Å². The molecular weight excluding hydrogens is 552 g/mol. The second-order valence-electron chi connectivity index (χ2n) is 9.12. The maximum absolute atomic E-state index is 12.2. The molecule has 2 aliphatic rings. The number of hydrogen-bond acceptors (Lipinski definition) is 8. The Labute approximate surface area is 221 Å². The molecule has 0 radical (unpaired) electrons. The van der Waals surface area contributed by atoms with Crippen LogP contribution in [0.2, 0.25) is 5.02 Å². The largest absolute Gasteiger partial charge is 0.456 e. The number of esters is 1. The van der Waals surface area contributed by atoms with Gasteiger partial charge in [0.1, 0.15) is 11.3 Å². The lowest BCUT2D eigenvalue weighted by atomic mass is 10.2. The zero-order valence-corrected chi connectivity index (χ0v) is 22.2. The average Bonchev–Trinajstić information content (AvgIpc) is 3.59. The lowest BCUT2D eigenvalue weighted by Crippen LogP contribution is -2.49. The number of hydrogen-bond donors (Lipinski definition) is 0. The maximum atomic E-state index is 12.2. The summed E-state index contributed by atoms with van der Waals surface area (Å²) in [5.41, 5.74) is 2.55. The summed E-state index contributed by atoms with van der Waals surface area (Å²) in [6.07, 6.45) is 4.05. The molecule has 3 heterocycles. The highest BCUT2D eigenvalue weighted by molar-refractivity contribution is 9.10. The molecule has 0 bridgehead atoms. The van der Waals surface area contributed by atoms with Gasteiger partial charge in [0.15, 0.2) is 6.61 Å². The second-order valence-corrected chi connectivity index (χ2v) is 10.3. The summed E-state index contributed by atoms with van der Waals surface area (Å²) in [6.45, 7) is 4.93. The van der Waals surface area contributed by atoms with E-state index in [4.69, 9.17) is 21.1 Å². The van der Waals surface area contributed by atoms with Crippen LogP contribution in [0.15, 0.2) is 28.9 Å². The number of nitrogens with zero attached hydrogens (tertiary/aromatic N) is 6. The van der Waals surface area contributed by atoms with E-state index in [0.717, 1.165) is 27.6 Å². The molecule has 0 atom stereocenters. The zero-order valence-electron chi connectivity index (χ0n) is 19.8. The average molecular weight is 578 g/mol. The number of aromatic nitrogens is 4. The van der Waals surface area contributed by atoms with Crippen molar-refractivity contribution >= 4 is 50.4 Å². The molecule has 1 aliphatic heterocycles. The Morgan fingerprint density at radius 1 is 1.19 bits per heavy atom. The molecule has 0 spiro atoms. The van der Waals surface area contributed by atoms with Crippen molar-refractivity contribution in [3.63, 3.8) is 0 Å². The van der Waals surface area contributed by atoms with Crippen molar-refractivity contribution in [1.29, 1.82) is 0 Å². The van der Waals surface area contributed by atoms with Crippen LogP contribution in [-0.4, -0.2) is 74.4 Å². The molecule has 0 N–H and O–H groups in total. The van der Waals surface area contributed by atoms with Gasteiger partial charge in [-0.15, -0.1) is 5.10 Å². The predicted molar refractivity (Wildman–Crippen MR) is 136 cm³/mol. The second kappa shape index (κ2) is 10.7. The number of halogens is 2. The predicted octanol–water partition coefficient (Wildman–Crippen LogP) is 3.65. The van der Waals surface area contributed by atoms with Crippen LogP contribution in [0.1, 0.15) is 25.3 Å². The molecular formula is C24H26BrClN6O4. The van der Waals surface area contributed by atoms with E-state index in [1.54, 1.807) is 11.1 Å². The Kier molecular flexibility index (Phi) is 7.40. The molecule has 2 aromatic heterocycles. The van der Waals surface area contributed by atoms with Gasteiger partial charge in [-0.25, -0.2) is 9.67 Å². The minimum Gasteiger partial charge on any atom is -0.456 e. The molecule has 5 rings (SSSR count). The highest BCUT2D eigenvalue weighted by atomic mass is 79.9. The minimum absolute atomic E-state index is 0.187. The normalized spacial score (nSPS) is 16.4. The molecule has 1 saturated heterocycles. The first kappa shape index (κ1) is 24.9. The summed E-state index contributed by atoms with van der Waals surface area (Å²) in [5, 5.41) is 9.19. The first-order chi connectivity index (χ1) is 17.4. The number of pyridine rings is 1. The number of piperazine rings is 1. The van der Waals surface area contributed by atoms with Gasteiger partial charge in [-0.3, -0.25) is 14.5 Å². The van der Waals surface area contributed by atoms with E-state index < -0.39 is 5.97 Å². The van der Waals surface area contributed by atoms with Crippen LogP contribution in [0, 0.1) is 5.92 Å². The first-order valence-electron chi connectivity index (χ1n) is 11.8. The monoisotopic (exact) mass is 576 g/mol. The number of rotatable bonds is 8. The summed E-state index contributed by atoms with van der Waals surface area (Å²) in [6, 6.07) is 5.71.